The molecule has 1 heterocycles. The molecule has 0 spiro atoms. The Kier molecular flexibility index (Phi) is 6.51. The lowest BCUT2D eigenvalue weighted by Crippen LogP contribution is -2.31. The monoisotopic (exact) mass is 479 g/mol. The van der Waals surface area contributed by atoms with E-state index in [1.165, 1.54) is 37.4 Å². The molecule has 3 aromatic carbocycles. The number of hydrogen-bond donors (Lipinski definition) is 1. The molecule has 1 N–H and O–H groups in total. The predicted octanol–water partition coefficient (Wildman–Crippen LogP) is 4.58. The smallest absolute Gasteiger partial charge is 0.281 e. The molecule has 0 atom stereocenters. The Labute approximate surface area is 199 Å². The van der Waals surface area contributed by atoms with Crippen LogP contribution < -0.4 is 19.7 Å². The molecule has 8 nitrogen and oxygen atoms in total. The summed E-state index contributed by atoms with van der Waals surface area (Å²) in [4.78, 5) is 24.3. The third-order valence-electron chi connectivity index (χ3n) is 5.01. The third-order valence-corrected chi connectivity index (χ3v) is 5.30. The zero-order chi connectivity index (χ0) is 24.2. The number of nitrogens with zero attached hydrogens (tertiary/aromatic N) is 2. The van der Waals surface area contributed by atoms with E-state index < -0.39 is 16.6 Å². The molecule has 0 bridgehead atoms. The quantitative estimate of drug-likeness (QED) is 0.229. The Bertz CT molecular complexity index is 1310. The Hall–Kier alpha value is -4.31. The molecule has 0 saturated carbocycles. The molecule has 0 aromatic heterocycles. The van der Waals surface area contributed by atoms with Crippen LogP contribution in [0.5, 0.6) is 11.5 Å². The van der Waals surface area contributed by atoms with Crippen LogP contribution in [0, 0.1) is 15.9 Å². The van der Waals surface area contributed by atoms with Crippen LogP contribution >= 0.6 is 12.2 Å². The van der Waals surface area contributed by atoms with Crippen molar-refractivity contribution in [1.29, 1.82) is 0 Å². The molecule has 1 aliphatic rings. The van der Waals surface area contributed by atoms with E-state index in [0.29, 0.717) is 17.1 Å². The van der Waals surface area contributed by atoms with E-state index in [1.807, 2.05) is 0 Å². The van der Waals surface area contributed by atoms with Gasteiger partial charge < -0.3 is 14.8 Å². The number of ether oxygens (including phenoxy) is 2. The topological polar surface area (TPSA) is 93.9 Å². The Balaban J connectivity index is 1.51. The minimum absolute atomic E-state index is 0.00170. The summed E-state index contributed by atoms with van der Waals surface area (Å²) in [6.45, 7) is 0.181. The number of rotatable bonds is 7. The van der Waals surface area contributed by atoms with Crippen LogP contribution in [-0.2, 0) is 11.4 Å². The van der Waals surface area contributed by atoms with E-state index in [9.17, 15) is 19.3 Å². The zero-order valence-corrected chi connectivity index (χ0v) is 18.7. The van der Waals surface area contributed by atoms with E-state index >= 15 is 0 Å². The van der Waals surface area contributed by atoms with Crippen molar-refractivity contribution >= 4 is 40.7 Å². The van der Waals surface area contributed by atoms with Gasteiger partial charge in [-0.05, 0) is 65.8 Å². The first-order valence-corrected chi connectivity index (χ1v) is 10.4. The maximum absolute atomic E-state index is 14.2. The van der Waals surface area contributed by atoms with Gasteiger partial charge in [0.2, 0.25) is 0 Å². The number of methoxy groups -OCH3 is 1. The SMILES string of the molecule is COc1cc(/C=C2\NC(=S)N(c3ccccc3F)C2=O)ccc1OCc1ccc([N+](=O)[O-])cc1. The van der Waals surface area contributed by atoms with Gasteiger partial charge in [0.25, 0.3) is 11.6 Å². The van der Waals surface area contributed by atoms with Gasteiger partial charge in [0, 0.05) is 12.1 Å². The van der Waals surface area contributed by atoms with Gasteiger partial charge in [-0.2, -0.15) is 0 Å². The molecule has 1 fully saturated rings. The number of hydrogen-bond acceptors (Lipinski definition) is 6. The first kappa shape index (κ1) is 22.9. The molecule has 10 heteroatoms. The summed E-state index contributed by atoms with van der Waals surface area (Å²) in [6.07, 6.45) is 1.58. The molecule has 34 heavy (non-hydrogen) atoms. The number of para-hydroxylation sites is 1. The van der Waals surface area contributed by atoms with E-state index in [2.05, 4.69) is 5.32 Å². The minimum Gasteiger partial charge on any atom is -0.493 e. The highest BCUT2D eigenvalue weighted by Crippen LogP contribution is 2.31. The zero-order valence-electron chi connectivity index (χ0n) is 17.9. The first-order valence-electron chi connectivity index (χ1n) is 10.0. The van der Waals surface area contributed by atoms with E-state index in [0.717, 1.165) is 10.5 Å². The Morgan fingerprint density at radius 3 is 2.53 bits per heavy atom. The number of carbonyl (C=O) groups excluding carboxylic acids is 1. The number of nitrogens with one attached hydrogen (secondary N) is 1. The number of halogens is 1. The Morgan fingerprint density at radius 1 is 1.12 bits per heavy atom. The van der Waals surface area contributed by atoms with Crippen molar-refractivity contribution in [2.24, 2.45) is 0 Å². The molecule has 1 amide bonds. The maximum atomic E-state index is 14.2. The predicted molar refractivity (Wildman–Crippen MR) is 128 cm³/mol. The molecular weight excluding hydrogens is 461 g/mol. The minimum atomic E-state index is -0.558. The first-order chi connectivity index (χ1) is 16.4. The number of benzene rings is 3. The highest BCUT2D eigenvalue weighted by molar-refractivity contribution is 7.80. The average molecular weight is 479 g/mol. The van der Waals surface area contributed by atoms with Crippen LogP contribution in [0.25, 0.3) is 6.08 Å². The number of nitro benzene ring substituents is 1. The van der Waals surface area contributed by atoms with Crippen molar-refractivity contribution in [3.63, 3.8) is 0 Å². The molecule has 0 radical (unpaired) electrons. The van der Waals surface area contributed by atoms with Gasteiger partial charge in [-0.15, -0.1) is 0 Å². The van der Waals surface area contributed by atoms with Crippen molar-refractivity contribution in [3.05, 3.63) is 99.5 Å². The second kappa shape index (κ2) is 9.67. The van der Waals surface area contributed by atoms with Crippen molar-refractivity contribution in [2.45, 2.75) is 6.61 Å². The van der Waals surface area contributed by atoms with E-state index in [1.54, 1.807) is 42.5 Å². The van der Waals surface area contributed by atoms with Crippen LogP contribution in [0.1, 0.15) is 11.1 Å². The molecule has 0 aliphatic carbocycles. The van der Waals surface area contributed by atoms with Gasteiger partial charge in [0.1, 0.15) is 18.1 Å². The molecule has 0 unspecified atom stereocenters. The fourth-order valence-corrected chi connectivity index (χ4v) is 3.61. The van der Waals surface area contributed by atoms with Gasteiger partial charge in [0.05, 0.1) is 17.7 Å². The average Bonchev–Trinajstić information content (AvgIpc) is 3.11. The van der Waals surface area contributed by atoms with Gasteiger partial charge in [-0.25, -0.2) is 9.29 Å². The fraction of sp³-hybridized carbons (Fsp3) is 0.0833. The third kappa shape index (κ3) is 4.71. The van der Waals surface area contributed by atoms with Crippen LogP contribution in [-0.4, -0.2) is 23.1 Å². The second-order valence-electron chi connectivity index (χ2n) is 7.20. The van der Waals surface area contributed by atoms with Crippen LogP contribution in [0.4, 0.5) is 15.8 Å². The summed E-state index contributed by atoms with van der Waals surface area (Å²) in [6, 6.07) is 17.0. The summed E-state index contributed by atoms with van der Waals surface area (Å²) in [5.74, 6) is -0.155. The number of thiocarbonyl (C=S) groups is 1. The normalized spacial score (nSPS) is 14.3. The van der Waals surface area contributed by atoms with Crippen molar-refractivity contribution in [2.75, 3.05) is 12.0 Å². The van der Waals surface area contributed by atoms with Gasteiger partial charge in [0.15, 0.2) is 16.6 Å². The van der Waals surface area contributed by atoms with Gasteiger partial charge in [-0.1, -0.05) is 18.2 Å². The van der Waals surface area contributed by atoms with E-state index in [-0.39, 0.29) is 28.8 Å². The molecule has 3 aromatic rings. The molecule has 172 valence electrons. The van der Waals surface area contributed by atoms with Crippen molar-refractivity contribution in [3.8, 4) is 11.5 Å². The molecule has 1 aliphatic heterocycles. The summed E-state index contributed by atoms with van der Waals surface area (Å²) < 4.78 is 25.4. The van der Waals surface area contributed by atoms with Crippen LogP contribution in [0.2, 0.25) is 0 Å². The lowest BCUT2D eigenvalue weighted by atomic mass is 10.1. The fourth-order valence-electron chi connectivity index (χ4n) is 3.32. The summed E-state index contributed by atoms with van der Waals surface area (Å²) in [7, 11) is 1.49. The molecule has 4 rings (SSSR count). The van der Waals surface area contributed by atoms with Gasteiger partial charge >= 0.3 is 0 Å². The number of carbonyl (C=O) groups is 1. The van der Waals surface area contributed by atoms with Crippen molar-refractivity contribution in [1.82, 2.24) is 5.32 Å². The maximum Gasteiger partial charge on any atom is 0.281 e. The second-order valence-corrected chi connectivity index (χ2v) is 7.59. The van der Waals surface area contributed by atoms with E-state index in [4.69, 9.17) is 21.7 Å². The Morgan fingerprint density at radius 2 is 1.85 bits per heavy atom. The number of anilines is 1. The number of non-ortho nitro benzene ring substituents is 1. The standard InChI is InChI=1S/C24H18FN3O5S/c1-32-22-13-16(8-11-21(22)33-14-15-6-9-17(10-7-15)28(30)31)12-19-23(29)27(24(34)26-19)20-5-3-2-4-18(20)25/h2-13H,14H2,1H3,(H,26,34)/b19-12-. The highest BCUT2D eigenvalue weighted by atomic mass is 32.1. The highest BCUT2D eigenvalue weighted by Gasteiger charge is 2.33. The lowest BCUT2D eigenvalue weighted by molar-refractivity contribution is -0.384. The summed E-state index contributed by atoms with van der Waals surface area (Å²) >= 11 is 5.23. The lowest BCUT2D eigenvalue weighted by Gasteiger charge is -2.14. The largest absolute Gasteiger partial charge is 0.493 e. The molecule has 1 saturated heterocycles. The van der Waals surface area contributed by atoms with Crippen molar-refractivity contribution < 1.29 is 23.6 Å². The number of nitro groups is 1. The molecular formula is C24H18FN3O5S. The van der Waals surface area contributed by atoms with Crippen LogP contribution in [0.15, 0.2) is 72.4 Å². The summed E-state index contributed by atoms with van der Waals surface area (Å²) in [5.41, 5.74) is 1.65. The summed E-state index contributed by atoms with van der Waals surface area (Å²) in [5, 5.41) is 13.7. The van der Waals surface area contributed by atoms with Crippen LogP contribution in [0.3, 0.4) is 0 Å². The number of amides is 1. The van der Waals surface area contributed by atoms with Gasteiger partial charge in [-0.3, -0.25) is 14.9 Å².